The number of nitrogens with one attached hydrogen (secondary N) is 1. The maximum absolute atomic E-state index is 15.3. The first kappa shape index (κ1) is 26.1. The van der Waals surface area contributed by atoms with Gasteiger partial charge >= 0.3 is 0 Å². The molecule has 210 valence electrons. The Labute approximate surface area is 222 Å². The highest BCUT2D eigenvalue weighted by Gasteiger charge is 2.70. The maximum atomic E-state index is 15.3. The second-order valence-electron chi connectivity index (χ2n) is 11.6. The second kappa shape index (κ2) is 8.91. The number of piperidine rings is 1. The summed E-state index contributed by atoms with van der Waals surface area (Å²) in [7, 11) is 1.39. The molecule has 2 aromatic heterocycles. The number of rotatable bonds is 7. The molecule has 1 spiro atoms. The number of hydrogen-bond acceptors (Lipinski definition) is 7. The van der Waals surface area contributed by atoms with Gasteiger partial charge in [0.25, 0.3) is 11.8 Å². The molecule has 4 N–H and O–H groups in total. The summed E-state index contributed by atoms with van der Waals surface area (Å²) in [5, 5.41) is 17.0. The number of nitrogens with zero attached hydrogens (tertiary/aromatic N) is 4. The number of aromatic nitrogens is 3. The molecule has 0 bridgehead atoms. The van der Waals surface area contributed by atoms with Gasteiger partial charge in [0.15, 0.2) is 5.82 Å². The van der Waals surface area contributed by atoms with Gasteiger partial charge in [0.1, 0.15) is 5.69 Å². The molecule has 2 saturated carbocycles. The lowest BCUT2D eigenvalue weighted by molar-refractivity contribution is -0.124. The summed E-state index contributed by atoms with van der Waals surface area (Å²) in [5.41, 5.74) is 4.13. The van der Waals surface area contributed by atoms with E-state index in [1.807, 2.05) is 0 Å². The van der Waals surface area contributed by atoms with Crippen molar-refractivity contribution in [2.45, 2.75) is 49.2 Å². The van der Waals surface area contributed by atoms with Crippen LogP contribution in [0.2, 0.25) is 0 Å². The highest BCUT2D eigenvalue weighted by Crippen LogP contribution is 2.62. The van der Waals surface area contributed by atoms with E-state index in [4.69, 9.17) is 10.5 Å². The summed E-state index contributed by atoms with van der Waals surface area (Å²) in [4.78, 5) is 32.8. The van der Waals surface area contributed by atoms with Crippen molar-refractivity contribution < 1.29 is 32.6 Å². The van der Waals surface area contributed by atoms with Gasteiger partial charge in [0.2, 0.25) is 11.8 Å². The molecule has 2 aromatic rings. The number of carbonyl (C=O) groups excluding carboxylic acids is 2. The van der Waals surface area contributed by atoms with Gasteiger partial charge in [-0.2, -0.15) is 5.10 Å². The van der Waals surface area contributed by atoms with Gasteiger partial charge in [-0.15, -0.1) is 0 Å². The van der Waals surface area contributed by atoms with Crippen LogP contribution in [0.25, 0.3) is 11.3 Å². The van der Waals surface area contributed by atoms with Gasteiger partial charge in [-0.25, -0.2) is 18.2 Å². The Hall–Kier alpha value is -3.19. The van der Waals surface area contributed by atoms with E-state index >= 15 is 8.78 Å². The molecule has 4 atom stereocenters. The fourth-order valence-electron chi connectivity index (χ4n) is 6.67. The average molecular weight is 549 g/mol. The monoisotopic (exact) mass is 548 g/mol. The van der Waals surface area contributed by atoms with Crippen LogP contribution in [0.5, 0.6) is 5.88 Å². The minimum absolute atomic E-state index is 0.0819. The molecular formula is C26H31F3N6O4. The largest absolute Gasteiger partial charge is 0.481 e. The molecule has 6 rings (SSSR count). The van der Waals surface area contributed by atoms with Crippen LogP contribution in [0.4, 0.5) is 13.2 Å². The molecule has 10 nitrogen and oxygen atoms in total. The summed E-state index contributed by atoms with van der Waals surface area (Å²) in [5.74, 6) is -6.48. The standard InChI is InChI=1S/C26H31F3N6O4/c1-39-21-6-15(18(27)10-31-21)19-7-20(33-32-19)23(37)35-5-2-14(22(30)36)8-25(35)9-16(25)17-11-34(13-26(17,28)29)12-24(38)3-4-24/h6-7,10,14,16-17,38H,2-5,8-9,11-13H2,1H3,(H2,30,36)(H,32,33)/t14?,16?,17-,25?/m1/s1. The zero-order valence-electron chi connectivity index (χ0n) is 21.5. The molecular weight excluding hydrogens is 517 g/mol. The van der Waals surface area contributed by atoms with Crippen LogP contribution in [0, 0.1) is 23.6 Å². The minimum Gasteiger partial charge on any atom is -0.481 e. The Morgan fingerprint density at radius 2 is 2.03 bits per heavy atom. The Balaban J connectivity index is 1.26. The Bertz CT molecular complexity index is 1320. The van der Waals surface area contributed by atoms with Crippen LogP contribution in [0.3, 0.4) is 0 Å². The molecule has 3 unspecified atom stereocenters. The molecule has 0 aromatic carbocycles. The zero-order chi connectivity index (χ0) is 27.7. The third-order valence-electron chi connectivity index (χ3n) is 8.98. The number of pyridine rings is 1. The topological polar surface area (TPSA) is 138 Å². The summed E-state index contributed by atoms with van der Waals surface area (Å²) in [6, 6.07) is 2.77. The predicted octanol–water partition coefficient (Wildman–Crippen LogP) is 1.81. The molecule has 4 aliphatic rings. The molecule has 39 heavy (non-hydrogen) atoms. The number of nitrogens with two attached hydrogens (primary N) is 1. The van der Waals surface area contributed by atoms with Crippen LogP contribution in [-0.2, 0) is 4.79 Å². The SMILES string of the molecule is COc1cc(-c2cc(C(=O)N3CCC(C(N)=O)CC34CC4[C@H]3CN(CC4(O)CC4)CC3(F)F)[nH]n2)c(F)cn1. The normalized spacial score (nSPS) is 30.9. The first-order valence-electron chi connectivity index (χ1n) is 13.1. The van der Waals surface area contributed by atoms with Gasteiger partial charge in [0, 0.05) is 48.6 Å². The number of ether oxygens (including phenoxy) is 1. The summed E-state index contributed by atoms with van der Waals surface area (Å²) < 4.78 is 50.1. The second-order valence-corrected chi connectivity index (χ2v) is 11.6. The van der Waals surface area contributed by atoms with Crippen LogP contribution < -0.4 is 10.5 Å². The Morgan fingerprint density at radius 1 is 1.26 bits per heavy atom. The van der Waals surface area contributed by atoms with E-state index in [-0.39, 0.29) is 48.9 Å². The van der Waals surface area contributed by atoms with Crippen LogP contribution in [0.1, 0.15) is 42.6 Å². The van der Waals surface area contributed by atoms with Crippen molar-refractivity contribution in [2.24, 2.45) is 23.5 Å². The van der Waals surface area contributed by atoms with Gasteiger partial charge in [-0.05, 0) is 44.1 Å². The quantitative estimate of drug-likeness (QED) is 0.480. The Morgan fingerprint density at radius 3 is 2.72 bits per heavy atom. The lowest BCUT2D eigenvalue weighted by atomic mass is 9.84. The summed E-state index contributed by atoms with van der Waals surface area (Å²) in [6.07, 6.45) is 3.09. The molecule has 0 radical (unpaired) electrons. The lowest BCUT2D eigenvalue weighted by Crippen LogP contribution is -2.52. The third-order valence-corrected chi connectivity index (χ3v) is 8.98. The molecule has 13 heteroatoms. The zero-order valence-corrected chi connectivity index (χ0v) is 21.5. The summed E-state index contributed by atoms with van der Waals surface area (Å²) >= 11 is 0. The first-order valence-corrected chi connectivity index (χ1v) is 13.1. The van der Waals surface area contributed by atoms with E-state index in [2.05, 4.69) is 15.2 Å². The number of aromatic amines is 1. The number of aliphatic hydroxyl groups is 1. The predicted molar refractivity (Wildman–Crippen MR) is 131 cm³/mol. The number of alkyl halides is 2. The maximum Gasteiger partial charge on any atom is 0.272 e. The highest BCUT2D eigenvalue weighted by molar-refractivity contribution is 5.94. The average Bonchev–Trinajstić information content (AvgIpc) is 3.67. The van der Waals surface area contributed by atoms with Crippen LogP contribution in [0.15, 0.2) is 18.3 Å². The molecule has 4 heterocycles. The van der Waals surface area contributed by atoms with Gasteiger partial charge in [0.05, 0.1) is 31.1 Å². The fraction of sp³-hybridized carbons (Fsp3) is 0.615. The fourth-order valence-corrected chi connectivity index (χ4v) is 6.67. The van der Waals surface area contributed by atoms with Gasteiger partial charge in [-0.1, -0.05) is 0 Å². The number of likely N-dealkylation sites (tertiary alicyclic amines) is 2. The number of amides is 2. The molecule has 2 aliphatic carbocycles. The van der Waals surface area contributed by atoms with Gasteiger partial charge in [-0.3, -0.25) is 19.6 Å². The van der Waals surface area contributed by atoms with E-state index in [1.165, 1.54) is 19.2 Å². The molecule has 2 amide bonds. The number of β-amino-alcohol motifs (C(OH)–C–C–N with tert-alkyl or cyclic N) is 1. The third kappa shape index (κ3) is 4.54. The number of hydrogen-bond donors (Lipinski definition) is 3. The van der Waals surface area contributed by atoms with Crippen molar-refractivity contribution in [1.82, 2.24) is 25.0 Å². The number of methoxy groups -OCH3 is 1. The Kier molecular flexibility index (Phi) is 5.96. The summed E-state index contributed by atoms with van der Waals surface area (Å²) in [6.45, 7) is 0.0576. The van der Waals surface area contributed by atoms with Crippen molar-refractivity contribution in [3.8, 4) is 17.1 Å². The van der Waals surface area contributed by atoms with Crippen molar-refractivity contribution in [1.29, 1.82) is 0 Å². The van der Waals surface area contributed by atoms with E-state index < -0.39 is 59.0 Å². The van der Waals surface area contributed by atoms with E-state index in [0.717, 1.165) is 6.20 Å². The van der Waals surface area contributed by atoms with Gasteiger partial charge < -0.3 is 20.5 Å². The van der Waals surface area contributed by atoms with E-state index in [1.54, 1.807) is 9.80 Å². The van der Waals surface area contributed by atoms with Crippen LogP contribution in [-0.4, -0.2) is 92.3 Å². The minimum atomic E-state index is -2.99. The molecule has 4 fully saturated rings. The lowest BCUT2D eigenvalue weighted by Gasteiger charge is -2.41. The van der Waals surface area contributed by atoms with E-state index in [0.29, 0.717) is 25.7 Å². The smallest absolute Gasteiger partial charge is 0.272 e. The highest BCUT2D eigenvalue weighted by atomic mass is 19.3. The molecule has 2 saturated heterocycles. The number of primary amides is 1. The molecule has 2 aliphatic heterocycles. The van der Waals surface area contributed by atoms with Crippen molar-refractivity contribution in [3.05, 3.63) is 29.8 Å². The van der Waals surface area contributed by atoms with Crippen molar-refractivity contribution >= 4 is 11.8 Å². The number of H-pyrrole nitrogens is 1. The van der Waals surface area contributed by atoms with E-state index in [9.17, 15) is 19.1 Å². The van der Waals surface area contributed by atoms with Crippen molar-refractivity contribution in [3.63, 3.8) is 0 Å². The van der Waals surface area contributed by atoms with Crippen LogP contribution >= 0.6 is 0 Å². The number of halogens is 3. The number of carbonyl (C=O) groups is 2. The van der Waals surface area contributed by atoms with Crippen molar-refractivity contribution in [2.75, 3.05) is 33.3 Å². The first-order chi connectivity index (χ1) is 18.4.